The topological polar surface area (TPSA) is 59.1 Å². The van der Waals surface area contributed by atoms with Crippen LogP contribution >= 0.6 is 0 Å². The summed E-state index contributed by atoms with van der Waals surface area (Å²) in [5.41, 5.74) is 0.606. The summed E-state index contributed by atoms with van der Waals surface area (Å²) in [7, 11) is 0. The quantitative estimate of drug-likeness (QED) is 0.831. The summed E-state index contributed by atoms with van der Waals surface area (Å²) in [5.74, 6) is 1.78. The fourth-order valence-electron chi connectivity index (χ4n) is 3.77. The third kappa shape index (κ3) is 2.81. The second-order valence-electron chi connectivity index (χ2n) is 6.67. The molecule has 0 spiro atoms. The highest BCUT2D eigenvalue weighted by Gasteiger charge is 2.31. The molecule has 1 saturated heterocycles. The number of nitrogens with zero attached hydrogens (tertiary/aromatic N) is 2. The Hall–Kier alpha value is -2.24. The van der Waals surface area contributed by atoms with E-state index in [2.05, 4.69) is 0 Å². The molecular formula is C18H22N2O4. The first-order valence-electron chi connectivity index (χ1n) is 8.70. The van der Waals surface area contributed by atoms with E-state index >= 15 is 0 Å². The van der Waals surface area contributed by atoms with E-state index in [1.807, 2.05) is 9.80 Å². The minimum Gasteiger partial charge on any atom is -0.454 e. The lowest BCUT2D eigenvalue weighted by Crippen LogP contribution is -2.51. The molecule has 0 atom stereocenters. The number of amides is 2. The van der Waals surface area contributed by atoms with Gasteiger partial charge in [0.2, 0.25) is 12.7 Å². The lowest BCUT2D eigenvalue weighted by molar-refractivity contribution is -0.136. The highest BCUT2D eigenvalue weighted by molar-refractivity contribution is 5.95. The van der Waals surface area contributed by atoms with Gasteiger partial charge in [0.25, 0.3) is 5.91 Å². The monoisotopic (exact) mass is 330 g/mol. The lowest BCUT2D eigenvalue weighted by atomic mass is 10.1. The average molecular weight is 330 g/mol. The fourth-order valence-corrected chi connectivity index (χ4v) is 3.77. The Balaban J connectivity index is 1.37. The zero-order valence-corrected chi connectivity index (χ0v) is 13.7. The van der Waals surface area contributed by atoms with Crippen molar-refractivity contribution in [3.8, 4) is 11.5 Å². The number of rotatable bonds is 2. The maximum atomic E-state index is 12.7. The highest BCUT2D eigenvalue weighted by Crippen LogP contribution is 2.33. The molecule has 2 heterocycles. The summed E-state index contributed by atoms with van der Waals surface area (Å²) < 4.78 is 10.6. The van der Waals surface area contributed by atoms with E-state index in [1.54, 1.807) is 18.2 Å². The van der Waals surface area contributed by atoms with E-state index in [0.717, 1.165) is 12.8 Å². The van der Waals surface area contributed by atoms with Gasteiger partial charge in [-0.3, -0.25) is 9.59 Å². The molecule has 0 radical (unpaired) electrons. The van der Waals surface area contributed by atoms with Gasteiger partial charge >= 0.3 is 0 Å². The molecular weight excluding hydrogens is 308 g/mol. The number of piperazine rings is 1. The average Bonchev–Trinajstić information content (AvgIpc) is 3.31. The van der Waals surface area contributed by atoms with Gasteiger partial charge in [0, 0.05) is 37.7 Å². The summed E-state index contributed by atoms with van der Waals surface area (Å²) in [5, 5.41) is 0. The van der Waals surface area contributed by atoms with Crippen molar-refractivity contribution >= 4 is 11.8 Å². The number of carbonyl (C=O) groups is 2. The molecule has 0 bridgehead atoms. The molecule has 0 aromatic heterocycles. The van der Waals surface area contributed by atoms with E-state index in [4.69, 9.17) is 9.47 Å². The molecule has 1 aromatic carbocycles. The van der Waals surface area contributed by atoms with Gasteiger partial charge < -0.3 is 19.3 Å². The van der Waals surface area contributed by atoms with Crippen molar-refractivity contribution in [2.75, 3.05) is 33.0 Å². The van der Waals surface area contributed by atoms with E-state index in [1.165, 1.54) is 12.8 Å². The molecule has 2 amide bonds. The molecule has 6 heteroatoms. The Kier molecular flexibility index (Phi) is 4.04. The van der Waals surface area contributed by atoms with Crippen LogP contribution < -0.4 is 9.47 Å². The molecule has 1 aromatic rings. The molecule has 1 aliphatic carbocycles. The molecule has 4 rings (SSSR count). The molecule has 24 heavy (non-hydrogen) atoms. The van der Waals surface area contributed by atoms with Crippen molar-refractivity contribution in [1.82, 2.24) is 9.80 Å². The van der Waals surface area contributed by atoms with E-state index in [9.17, 15) is 9.59 Å². The van der Waals surface area contributed by atoms with Crippen LogP contribution in [0.4, 0.5) is 0 Å². The van der Waals surface area contributed by atoms with Gasteiger partial charge in [-0.2, -0.15) is 0 Å². The van der Waals surface area contributed by atoms with Crippen molar-refractivity contribution in [3.63, 3.8) is 0 Å². The zero-order valence-electron chi connectivity index (χ0n) is 13.7. The van der Waals surface area contributed by atoms with Crippen LogP contribution in [-0.4, -0.2) is 54.6 Å². The maximum absolute atomic E-state index is 12.7. The fraction of sp³-hybridized carbons (Fsp3) is 0.556. The minimum absolute atomic E-state index is 0.0127. The Labute approximate surface area is 141 Å². The Morgan fingerprint density at radius 1 is 0.917 bits per heavy atom. The van der Waals surface area contributed by atoms with Crippen molar-refractivity contribution < 1.29 is 19.1 Å². The molecule has 128 valence electrons. The third-order valence-electron chi connectivity index (χ3n) is 5.20. The van der Waals surface area contributed by atoms with Crippen molar-refractivity contribution in [3.05, 3.63) is 23.8 Å². The summed E-state index contributed by atoms with van der Waals surface area (Å²) >= 11 is 0. The van der Waals surface area contributed by atoms with Crippen molar-refractivity contribution in [1.29, 1.82) is 0 Å². The molecule has 0 unspecified atom stereocenters. The Morgan fingerprint density at radius 2 is 1.58 bits per heavy atom. The molecule has 2 aliphatic heterocycles. The second kappa shape index (κ2) is 6.34. The number of ether oxygens (including phenoxy) is 2. The number of carbonyl (C=O) groups excluding carboxylic acids is 2. The van der Waals surface area contributed by atoms with Gasteiger partial charge in [0.1, 0.15) is 0 Å². The summed E-state index contributed by atoms with van der Waals surface area (Å²) in [4.78, 5) is 28.9. The maximum Gasteiger partial charge on any atom is 0.254 e. The molecule has 0 N–H and O–H groups in total. The summed E-state index contributed by atoms with van der Waals surface area (Å²) in [6, 6.07) is 5.28. The highest BCUT2D eigenvalue weighted by atomic mass is 16.7. The van der Waals surface area contributed by atoms with E-state index in [0.29, 0.717) is 43.2 Å². The summed E-state index contributed by atoms with van der Waals surface area (Å²) in [6.07, 6.45) is 4.38. The van der Waals surface area contributed by atoms with Gasteiger partial charge in [-0.1, -0.05) is 12.8 Å². The van der Waals surface area contributed by atoms with Crippen LogP contribution in [0, 0.1) is 5.92 Å². The number of benzene rings is 1. The van der Waals surface area contributed by atoms with Gasteiger partial charge in [0.05, 0.1) is 0 Å². The van der Waals surface area contributed by atoms with Crippen LogP contribution in [0.3, 0.4) is 0 Å². The van der Waals surface area contributed by atoms with E-state index < -0.39 is 0 Å². The largest absolute Gasteiger partial charge is 0.454 e. The normalized spacial score (nSPS) is 20.5. The minimum atomic E-state index is -0.0127. The predicted molar refractivity (Wildman–Crippen MR) is 87.0 cm³/mol. The Bertz CT molecular complexity index is 646. The third-order valence-corrected chi connectivity index (χ3v) is 5.20. The van der Waals surface area contributed by atoms with Crippen LogP contribution in [0.25, 0.3) is 0 Å². The SMILES string of the molecule is O=C(c1ccc2c(c1)OCO2)N1CCN(C(=O)C2CCCC2)CC1. The number of hydrogen-bond acceptors (Lipinski definition) is 4. The van der Waals surface area contributed by atoms with Crippen molar-refractivity contribution in [2.45, 2.75) is 25.7 Å². The van der Waals surface area contributed by atoms with Gasteiger partial charge in [0.15, 0.2) is 11.5 Å². The summed E-state index contributed by atoms with van der Waals surface area (Å²) in [6.45, 7) is 2.64. The smallest absolute Gasteiger partial charge is 0.254 e. The van der Waals surface area contributed by atoms with Crippen LogP contribution in [0.1, 0.15) is 36.0 Å². The number of hydrogen-bond donors (Lipinski definition) is 0. The van der Waals surface area contributed by atoms with Crippen LogP contribution in [-0.2, 0) is 4.79 Å². The molecule has 2 fully saturated rings. The Morgan fingerprint density at radius 3 is 2.33 bits per heavy atom. The van der Waals surface area contributed by atoms with Gasteiger partial charge in [-0.15, -0.1) is 0 Å². The first-order valence-corrected chi connectivity index (χ1v) is 8.70. The van der Waals surface area contributed by atoms with Gasteiger partial charge in [-0.05, 0) is 31.0 Å². The second-order valence-corrected chi connectivity index (χ2v) is 6.67. The molecule has 3 aliphatic rings. The van der Waals surface area contributed by atoms with E-state index in [-0.39, 0.29) is 24.5 Å². The lowest BCUT2D eigenvalue weighted by Gasteiger charge is -2.36. The van der Waals surface area contributed by atoms with Crippen LogP contribution in [0.15, 0.2) is 18.2 Å². The predicted octanol–water partition coefficient (Wildman–Crippen LogP) is 1.89. The van der Waals surface area contributed by atoms with Crippen molar-refractivity contribution in [2.24, 2.45) is 5.92 Å². The van der Waals surface area contributed by atoms with Gasteiger partial charge in [-0.25, -0.2) is 0 Å². The molecule has 1 saturated carbocycles. The zero-order chi connectivity index (χ0) is 16.5. The van der Waals surface area contributed by atoms with Crippen LogP contribution in [0.5, 0.6) is 11.5 Å². The molecule has 6 nitrogen and oxygen atoms in total. The van der Waals surface area contributed by atoms with Crippen LogP contribution in [0.2, 0.25) is 0 Å². The standard InChI is InChI=1S/C18H22N2O4/c21-17(13-3-1-2-4-13)19-7-9-20(10-8-19)18(22)14-5-6-15-16(11-14)24-12-23-15/h5-6,11,13H,1-4,7-10,12H2. The number of fused-ring (bicyclic) bond motifs is 1. The first-order chi connectivity index (χ1) is 11.7. The first kappa shape index (κ1) is 15.3.